The number of carbonyl (C=O) groups excluding carboxylic acids is 1. The minimum Gasteiger partial charge on any atom is -0.325 e. The van der Waals surface area contributed by atoms with Gasteiger partial charge in [-0.15, -0.1) is 0 Å². The van der Waals surface area contributed by atoms with Crippen molar-refractivity contribution < 1.29 is 22.0 Å². The van der Waals surface area contributed by atoms with Crippen LogP contribution in [0.1, 0.15) is 12.8 Å². The molecule has 0 saturated carbocycles. The van der Waals surface area contributed by atoms with Gasteiger partial charge in [0.05, 0.1) is 16.5 Å². The molecular weight excluding hydrogens is 442 g/mol. The van der Waals surface area contributed by atoms with Crippen molar-refractivity contribution in [3.63, 3.8) is 0 Å². The summed E-state index contributed by atoms with van der Waals surface area (Å²) in [6.07, 6.45) is 1.04. The van der Waals surface area contributed by atoms with Crippen LogP contribution >= 0.6 is 23.4 Å². The first-order valence-corrected chi connectivity index (χ1v) is 11.6. The van der Waals surface area contributed by atoms with Gasteiger partial charge < -0.3 is 5.32 Å². The molecule has 1 aliphatic heterocycles. The molecule has 2 aromatic rings. The zero-order valence-corrected chi connectivity index (χ0v) is 17.6. The van der Waals surface area contributed by atoms with Gasteiger partial charge in [0.25, 0.3) is 5.76 Å². The zero-order chi connectivity index (χ0) is 21.0. The second-order valence-electron chi connectivity index (χ2n) is 6.52. The fourth-order valence-electron chi connectivity index (χ4n) is 3.13. The molecule has 1 atom stereocenters. The number of nitrogens with zero attached hydrogens (tertiary/aromatic N) is 1. The Kier molecular flexibility index (Phi) is 7.15. The highest BCUT2D eigenvalue weighted by Crippen LogP contribution is 2.32. The molecule has 1 saturated heterocycles. The Morgan fingerprint density at radius 1 is 1.17 bits per heavy atom. The fourth-order valence-corrected chi connectivity index (χ4v) is 5.38. The van der Waals surface area contributed by atoms with Crippen LogP contribution in [0.4, 0.5) is 14.5 Å². The Hall–Kier alpha value is -1.68. The summed E-state index contributed by atoms with van der Waals surface area (Å²) < 4.78 is 52.5. The zero-order valence-electron chi connectivity index (χ0n) is 15.2. The van der Waals surface area contributed by atoms with E-state index in [-0.39, 0.29) is 22.2 Å². The lowest BCUT2D eigenvalue weighted by Gasteiger charge is -2.31. The predicted molar refractivity (Wildman–Crippen MR) is 110 cm³/mol. The number of hydrogen-bond donors (Lipinski definition) is 1. The lowest BCUT2D eigenvalue weighted by atomic mass is 9.99. The lowest BCUT2D eigenvalue weighted by molar-refractivity contribution is -0.120. The number of para-hydroxylation sites is 1. The Labute approximate surface area is 177 Å². The van der Waals surface area contributed by atoms with Crippen LogP contribution in [0, 0.1) is 5.92 Å². The van der Waals surface area contributed by atoms with Gasteiger partial charge in [0.1, 0.15) is 0 Å². The van der Waals surface area contributed by atoms with Gasteiger partial charge in [-0.05, 0) is 49.2 Å². The number of anilines is 1. The average molecular weight is 461 g/mol. The van der Waals surface area contributed by atoms with E-state index in [2.05, 4.69) is 5.32 Å². The van der Waals surface area contributed by atoms with Gasteiger partial charge in [0.15, 0.2) is 0 Å². The predicted octanol–water partition coefficient (Wildman–Crippen LogP) is 4.69. The summed E-state index contributed by atoms with van der Waals surface area (Å²) in [6, 6.07) is 12.2. The quantitative estimate of drug-likeness (QED) is 0.635. The summed E-state index contributed by atoms with van der Waals surface area (Å²) in [5, 5.41) is 3.10. The number of rotatable bonds is 6. The van der Waals surface area contributed by atoms with Crippen LogP contribution in [0.2, 0.25) is 5.02 Å². The second-order valence-corrected chi connectivity index (χ2v) is 9.93. The van der Waals surface area contributed by atoms with Crippen LogP contribution in [0.15, 0.2) is 58.3 Å². The van der Waals surface area contributed by atoms with Gasteiger partial charge >= 0.3 is 0 Å². The van der Waals surface area contributed by atoms with Crippen molar-refractivity contribution in [1.29, 1.82) is 0 Å². The number of benzene rings is 2. The molecule has 1 amide bonds. The van der Waals surface area contributed by atoms with Crippen LogP contribution in [0.3, 0.4) is 0 Å². The van der Waals surface area contributed by atoms with Gasteiger partial charge in [0, 0.05) is 23.0 Å². The first-order valence-electron chi connectivity index (χ1n) is 8.88. The van der Waals surface area contributed by atoms with Crippen LogP contribution in [-0.4, -0.2) is 37.5 Å². The van der Waals surface area contributed by atoms with E-state index in [1.165, 1.54) is 34.6 Å². The number of nitrogens with one attached hydrogen (secondary N) is 1. The van der Waals surface area contributed by atoms with Crippen LogP contribution in [0.25, 0.3) is 0 Å². The number of piperidine rings is 1. The second kappa shape index (κ2) is 9.42. The molecule has 0 aromatic heterocycles. The molecule has 0 bridgehead atoms. The third-order valence-corrected chi connectivity index (χ3v) is 7.49. The average Bonchev–Trinajstić information content (AvgIpc) is 2.69. The third-order valence-electron chi connectivity index (χ3n) is 4.57. The normalized spacial score (nSPS) is 18.0. The minimum atomic E-state index is -3.75. The van der Waals surface area contributed by atoms with Gasteiger partial charge in [-0.1, -0.05) is 35.5 Å². The van der Waals surface area contributed by atoms with Gasteiger partial charge in [0.2, 0.25) is 15.9 Å². The molecule has 0 radical (unpaired) electrons. The monoisotopic (exact) mass is 460 g/mol. The highest BCUT2D eigenvalue weighted by Gasteiger charge is 2.33. The molecule has 29 heavy (non-hydrogen) atoms. The maximum atomic E-state index is 12.9. The third kappa shape index (κ3) is 5.48. The lowest BCUT2D eigenvalue weighted by Crippen LogP contribution is -2.43. The van der Waals surface area contributed by atoms with Crippen LogP contribution in [-0.2, 0) is 14.8 Å². The van der Waals surface area contributed by atoms with Crippen molar-refractivity contribution >= 4 is 45.0 Å². The van der Waals surface area contributed by atoms with E-state index in [0.717, 1.165) is 0 Å². The Morgan fingerprint density at radius 3 is 2.55 bits per heavy atom. The number of sulfonamides is 1. The molecule has 3 rings (SSSR count). The first-order chi connectivity index (χ1) is 13.8. The molecule has 10 heteroatoms. The highest BCUT2D eigenvalue weighted by molar-refractivity contribution is 7.99. The van der Waals surface area contributed by atoms with Crippen molar-refractivity contribution in [1.82, 2.24) is 4.31 Å². The maximum absolute atomic E-state index is 12.9. The Balaban J connectivity index is 1.72. The van der Waals surface area contributed by atoms with Crippen molar-refractivity contribution in [2.45, 2.75) is 28.4 Å². The van der Waals surface area contributed by atoms with E-state index < -0.39 is 21.7 Å². The number of hydrogen-bond acceptors (Lipinski definition) is 4. The molecule has 1 fully saturated rings. The van der Waals surface area contributed by atoms with Crippen LogP contribution in [0.5, 0.6) is 0 Å². The number of alkyl halides is 2. The summed E-state index contributed by atoms with van der Waals surface area (Å²) in [6.45, 7) is 0.341. The van der Waals surface area contributed by atoms with Gasteiger partial charge in [-0.3, -0.25) is 4.79 Å². The van der Waals surface area contributed by atoms with E-state index in [0.29, 0.717) is 41.9 Å². The van der Waals surface area contributed by atoms with Crippen molar-refractivity contribution in [3.8, 4) is 0 Å². The summed E-state index contributed by atoms with van der Waals surface area (Å²) in [4.78, 5) is 13.1. The standard InChI is InChI=1S/C19H19ClF2N2O3S2/c20-14-7-9-15(10-8-14)29(26,27)24-11-3-4-13(12-24)18(25)23-16-5-1-2-6-17(16)28-19(21)22/h1-2,5-10,13,19H,3-4,11-12H2,(H,23,25). The minimum absolute atomic E-state index is 0.0287. The van der Waals surface area contributed by atoms with E-state index in [1.807, 2.05) is 0 Å². The maximum Gasteiger partial charge on any atom is 0.288 e. The van der Waals surface area contributed by atoms with E-state index in [9.17, 15) is 22.0 Å². The van der Waals surface area contributed by atoms with Crippen molar-refractivity contribution in [2.75, 3.05) is 18.4 Å². The molecule has 5 nitrogen and oxygen atoms in total. The van der Waals surface area contributed by atoms with Crippen molar-refractivity contribution in [3.05, 3.63) is 53.6 Å². The molecule has 1 N–H and O–H groups in total. The van der Waals surface area contributed by atoms with E-state index >= 15 is 0 Å². The smallest absolute Gasteiger partial charge is 0.288 e. The summed E-state index contributed by atoms with van der Waals surface area (Å²) in [5.74, 6) is -3.57. The van der Waals surface area contributed by atoms with Crippen LogP contribution < -0.4 is 5.32 Å². The highest BCUT2D eigenvalue weighted by atomic mass is 35.5. The van der Waals surface area contributed by atoms with Crippen molar-refractivity contribution in [2.24, 2.45) is 5.92 Å². The summed E-state index contributed by atoms with van der Waals surface area (Å²) >= 11 is 6.18. The number of halogens is 3. The largest absolute Gasteiger partial charge is 0.325 e. The Bertz CT molecular complexity index is 972. The van der Waals surface area contributed by atoms with Gasteiger partial charge in [-0.25, -0.2) is 8.42 Å². The molecule has 0 aliphatic carbocycles. The molecule has 1 unspecified atom stereocenters. The topological polar surface area (TPSA) is 66.5 Å². The molecule has 0 spiro atoms. The van der Waals surface area contributed by atoms with Gasteiger partial charge in [-0.2, -0.15) is 13.1 Å². The van der Waals surface area contributed by atoms with E-state index in [4.69, 9.17) is 11.6 Å². The molecule has 1 heterocycles. The number of amides is 1. The molecular formula is C19H19ClF2N2O3S2. The summed E-state index contributed by atoms with van der Waals surface area (Å²) in [7, 11) is -3.75. The Morgan fingerprint density at radius 2 is 1.86 bits per heavy atom. The summed E-state index contributed by atoms with van der Waals surface area (Å²) in [5.41, 5.74) is 0.292. The molecule has 2 aromatic carbocycles. The van der Waals surface area contributed by atoms with E-state index in [1.54, 1.807) is 18.2 Å². The molecule has 156 valence electrons. The number of thioether (sulfide) groups is 1. The first kappa shape index (κ1) is 22.0. The fraction of sp³-hybridized carbons (Fsp3) is 0.316. The number of carbonyl (C=O) groups is 1. The SMILES string of the molecule is O=C(Nc1ccccc1SC(F)F)C1CCCN(S(=O)(=O)c2ccc(Cl)cc2)C1. The molecule has 1 aliphatic rings.